The van der Waals surface area contributed by atoms with Gasteiger partial charge in [-0.25, -0.2) is 0 Å². The number of hydrogen-bond acceptors (Lipinski definition) is 4. The summed E-state index contributed by atoms with van der Waals surface area (Å²) in [6.45, 7) is 11.4. The van der Waals surface area contributed by atoms with Crippen LogP contribution >= 0.6 is 0 Å². The molecule has 3 rings (SSSR count). The quantitative estimate of drug-likeness (QED) is 0.378. The summed E-state index contributed by atoms with van der Waals surface area (Å²) in [5.41, 5.74) is 2.62. The number of ether oxygens (including phenoxy) is 2. The van der Waals surface area contributed by atoms with Crippen LogP contribution in [0.3, 0.4) is 0 Å². The Bertz CT molecular complexity index is 614. The molecule has 0 aromatic heterocycles. The van der Waals surface area contributed by atoms with Crippen molar-refractivity contribution >= 4 is 11.6 Å². The minimum absolute atomic E-state index is 0.430. The number of hydrogen-bond donors (Lipinski definition) is 2. The van der Waals surface area contributed by atoms with Gasteiger partial charge in [-0.3, -0.25) is 4.99 Å². The maximum atomic E-state index is 5.85. The van der Waals surface area contributed by atoms with Crippen molar-refractivity contribution in [2.75, 3.05) is 57.5 Å². The van der Waals surface area contributed by atoms with E-state index >= 15 is 0 Å². The van der Waals surface area contributed by atoms with Crippen molar-refractivity contribution < 1.29 is 9.47 Å². The lowest BCUT2D eigenvalue weighted by atomic mass is 10.0. The summed E-state index contributed by atoms with van der Waals surface area (Å²) in [6.07, 6.45) is 4.35. The van der Waals surface area contributed by atoms with Crippen LogP contribution in [0.5, 0.6) is 0 Å². The molecule has 2 fully saturated rings. The number of anilines is 1. The van der Waals surface area contributed by atoms with Crippen LogP contribution in [0.4, 0.5) is 5.69 Å². The normalized spacial score (nSPS) is 20.8. The van der Waals surface area contributed by atoms with Gasteiger partial charge in [0, 0.05) is 64.3 Å². The second kappa shape index (κ2) is 12.0. The molecule has 6 heteroatoms. The van der Waals surface area contributed by atoms with Crippen LogP contribution < -0.4 is 15.5 Å². The van der Waals surface area contributed by atoms with Gasteiger partial charge in [-0.05, 0) is 57.6 Å². The Labute approximate surface area is 176 Å². The molecule has 0 spiro atoms. The number of rotatable bonds is 9. The van der Waals surface area contributed by atoms with Gasteiger partial charge in [0.2, 0.25) is 0 Å². The fraction of sp³-hybridized carbons (Fsp3) is 0.696. The third kappa shape index (κ3) is 7.52. The van der Waals surface area contributed by atoms with E-state index in [0.29, 0.717) is 12.0 Å². The van der Waals surface area contributed by atoms with Crippen LogP contribution in [-0.2, 0) is 9.47 Å². The summed E-state index contributed by atoms with van der Waals surface area (Å²) in [4.78, 5) is 7.20. The lowest BCUT2D eigenvalue weighted by Crippen LogP contribution is -2.44. The number of nitrogens with one attached hydrogen (secondary N) is 2. The molecule has 0 aliphatic carbocycles. The fourth-order valence-electron chi connectivity index (χ4n) is 3.90. The molecular weight excluding hydrogens is 364 g/mol. The van der Waals surface area contributed by atoms with Crippen molar-refractivity contribution in [2.45, 2.75) is 45.6 Å². The van der Waals surface area contributed by atoms with Crippen molar-refractivity contribution in [2.24, 2.45) is 10.9 Å². The highest BCUT2D eigenvalue weighted by molar-refractivity contribution is 5.80. The van der Waals surface area contributed by atoms with E-state index < -0.39 is 0 Å². The molecule has 0 saturated carbocycles. The SMILES string of the molecule is CCNC(=NCCCOCC1CCOCC1)NC1CCN(c2ccc(C)cc2)C1. The molecular formula is C23H38N4O2. The third-order valence-electron chi connectivity index (χ3n) is 5.68. The van der Waals surface area contributed by atoms with E-state index in [4.69, 9.17) is 14.5 Å². The number of benzene rings is 1. The van der Waals surface area contributed by atoms with Gasteiger partial charge in [-0.1, -0.05) is 17.7 Å². The van der Waals surface area contributed by atoms with Crippen LogP contribution in [0.15, 0.2) is 29.3 Å². The van der Waals surface area contributed by atoms with Crippen molar-refractivity contribution in [3.8, 4) is 0 Å². The average molecular weight is 403 g/mol. The zero-order valence-corrected chi connectivity index (χ0v) is 18.2. The van der Waals surface area contributed by atoms with Gasteiger partial charge in [0.15, 0.2) is 5.96 Å². The summed E-state index contributed by atoms with van der Waals surface area (Å²) in [5, 5.41) is 6.99. The van der Waals surface area contributed by atoms with Crippen LogP contribution in [-0.4, -0.2) is 64.6 Å². The van der Waals surface area contributed by atoms with Crippen molar-refractivity contribution in [1.29, 1.82) is 0 Å². The monoisotopic (exact) mass is 402 g/mol. The summed E-state index contributed by atoms with van der Waals surface area (Å²) in [5.74, 6) is 1.60. The molecule has 1 aromatic rings. The van der Waals surface area contributed by atoms with Gasteiger partial charge < -0.3 is 25.0 Å². The van der Waals surface area contributed by atoms with Gasteiger partial charge >= 0.3 is 0 Å². The van der Waals surface area contributed by atoms with Crippen LogP contribution in [0.25, 0.3) is 0 Å². The molecule has 1 atom stereocenters. The molecule has 1 aromatic carbocycles. The molecule has 29 heavy (non-hydrogen) atoms. The third-order valence-corrected chi connectivity index (χ3v) is 5.68. The molecule has 0 radical (unpaired) electrons. The van der Waals surface area contributed by atoms with Gasteiger partial charge in [-0.2, -0.15) is 0 Å². The molecule has 162 valence electrons. The van der Waals surface area contributed by atoms with Crippen molar-refractivity contribution in [1.82, 2.24) is 10.6 Å². The van der Waals surface area contributed by atoms with Crippen LogP contribution in [0.1, 0.15) is 38.2 Å². The summed E-state index contributed by atoms with van der Waals surface area (Å²) in [7, 11) is 0. The van der Waals surface area contributed by atoms with Crippen LogP contribution in [0, 0.1) is 12.8 Å². The maximum Gasteiger partial charge on any atom is 0.191 e. The van der Waals surface area contributed by atoms with Crippen LogP contribution in [0.2, 0.25) is 0 Å². The standard InChI is InChI=1S/C23H38N4O2/c1-3-24-23(25-12-4-14-29-18-20-10-15-28-16-11-20)26-21-9-13-27(17-21)22-7-5-19(2)6-8-22/h5-8,20-21H,3-4,9-18H2,1-2H3,(H2,24,25,26). The molecule has 2 saturated heterocycles. The molecule has 0 bridgehead atoms. The molecule has 6 nitrogen and oxygen atoms in total. The zero-order chi connectivity index (χ0) is 20.3. The number of guanidine groups is 1. The zero-order valence-electron chi connectivity index (χ0n) is 18.2. The van der Waals surface area contributed by atoms with Gasteiger partial charge in [0.1, 0.15) is 0 Å². The lowest BCUT2D eigenvalue weighted by molar-refractivity contribution is 0.0205. The van der Waals surface area contributed by atoms with Crippen molar-refractivity contribution in [3.63, 3.8) is 0 Å². The first-order chi connectivity index (χ1) is 14.2. The molecule has 2 N–H and O–H groups in total. The maximum absolute atomic E-state index is 5.85. The summed E-state index contributed by atoms with van der Waals surface area (Å²) in [6, 6.07) is 9.24. The smallest absolute Gasteiger partial charge is 0.191 e. The highest BCUT2D eigenvalue weighted by atomic mass is 16.5. The molecule has 2 heterocycles. The predicted octanol–water partition coefficient (Wildman–Crippen LogP) is 2.96. The second-order valence-corrected chi connectivity index (χ2v) is 8.16. The first-order valence-electron chi connectivity index (χ1n) is 11.3. The van der Waals surface area contributed by atoms with E-state index in [-0.39, 0.29) is 0 Å². The fourth-order valence-corrected chi connectivity index (χ4v) is 3.90. The van der Waals surface area contributed by atoms with E-state index in [1.165, 1.54) is 11.3 Å². The van der Waals surface area contributed by atoms with E-state index in [2.05, 4.69) is 53.6 Å². The van der Waals surface area contributed by atoms with E-state index in [1.807, 2.05) is 0 Å². The van der Waals surface area contributed by atoms with Gasteiger partial charge in [0.05, 0.1) is 0 Å². The highest BCUT2D eigenvalue weighted by Gasteiger charge is 2.23. The Hall–Kier alpha value is -1.79. The Morgan fingerprint density at radius 1 is 1.21 bits per heavy atom. The van der Waals surface area contributed by atoms with Crippen molar-refractivity contribution in [3.05, 3.63) is 29.8 Å². The minimum atomic E-state index is 0.430. The number of aliphatic imine (C=N–C) groups is 1. The second-order valence-electron chi connectivity index (χ2n) is 8.16. The lowest BCUT2D eigenvalue weighted by Gasteiger charge is -2.21. The Balaban J connectivity index is 1.36. The minimum Gasteiger partial charge on any atom is -0.381 e. The number of aryl methyl sites for hydroxylation is 1. The molecule has 2 aliphatic rings. The largest absolute Gasteiger partial charge is 0.381 e. The number of nitrogens with zero attached hydrogens (tertiary/aromatic N) is 2. The Morgan fingerprint density at radius 3 is 2.76 bits per heavy atom. The first kappa shape index (κ1) is 21.9. The molecule has 0 amide bonds. The topological polar surface area (TPSA) is 58.1 Å². The highest BCUT2D eigenvalue weighted by Crippen LogP contribution is 2.20. The van der Waals surface area contributed by atoms with E-state index in [9.17, 15) is 0 Å². The predicted molar refractivity (Wildman–Crippen MR) is 120 cm³/mol. The van der Waals surface area contributed by atoms with E-state index in [1.54, 1.807) is 0 Å². The first-order valence-corrected chi connectivity index (χ1v) is 11.3. The van der Waals surface area contributed by atoms with E-state index in [0.717, 1.165) is 84.2 Å². The Morgan fingerprint density at radius 2 is 2.00 bits per heavy atom. The Kier molecular flexibility index (Phi) is 9.09. The van der Waals surface area contributed by atoms with Gasteiger partial charge in [0.25, 0.3) is 0 Å². The average Bonchev–Trinajstić information content (AvgIpc) is 3.20. The molecule has 2 aliphatic heterocycles. The van der Waals surface area contributed by atoms with Gasteiger partial charge in [-0.15, -0.1) is 0 Å². The summed E-state index contributed by atoms with van der Waals surface area (Å²) < 4.78 is 11.2. The molecule has 1 unspecified atom stereocenters. The summed E-state index contributed by atoms with van der Waals surface area (Å²) >= 11 is 0.